The van der Waals surface area contributed by atoms with Crippen LogP contribution in [-0.2, 0) is 0 Å². The molecule has 1 aromatic rings. The number of ether oxygens (including phenoxy) is 1. The normalized spacial score (nSPS) is 10.4. The number of nitrogens with zero attached hydrogens (tertiary/aromatic N) is 1. The van der Waals surface area contributed by atoms with E-state index < -0.39 is 13.0 Å². The average Bonchev–Trinajstić information content (AvgIpc) is 2.07. The molecule has 0 atom stereocenters. The molecule has 0 spiro atoms. The first-order chi connectivity index (χ1) is 6.09. The number of aromatic nitrogens is 1. The van der Waals surface area contributed by atoms with Crippen LogP contribution in [0.25, 0.3) is 0 Å². The van der Waals surface area contributed by atoms with Crippen molar-refractivity contribution in [1.82, 2.24) is 4.98 Å². The molecule has 0 saturated heterocycles. The van der Waals surface area contributed by atoms with E-state index in [4.69, 9.17) is 11.5 Å². The van der Waals surface area contributed by atoms with Crippen LogP contribution >= 0.6 is 0 Å². The zero-order chi connectivity index (χ0) is 9.84. The lowest BCUT2D eigenvalue weighted by molar-refractivity contribution is 0.0797. The molecule has 0 aliphatic carbocycles. The highest BCUT2D eigenvalue weighted by molar-refractivity contribution is 5.58. The van der Waals surface area contributed by atoms with Crippen molar-refractivity contribution >= 4 is 11.5 Å². The minimum Gasteiger partial charge on any atom is -0.472 e. The number of alkyl halides is 2. The number of nitrogens with two attached hydrogens (primary N) is 2. The van der Waals surface area contributed by atoms with Crippen molar-refractivity contribution in [2.24, 2.45) is 0 Å². The monoisotopic (exact) mass is 189 g/mol. The first-order valence-electron chi connectivity index (χ1n) is 3.52. The van der Waals surface area contributed by atoms with Gasteiger partial charge in [-0.15, -0.1) is 0 Å². The maximum absolute atomic E-state index is 11.7. The van der Waals surface area contributed by atoms with Gasteiger partial charge in [-0.3, -0.25) is 0 Å². The van der Waals surface area contributed by atoms with Gasteiger partial charge in [0.25, 0.3) is 6.43 Å². The Labute approximate surface area is 73.5 Å². The minimum absolute atomic E-state index is 0.0481. The van der Waals surface area contributed by atoms with E-state index in [0.29, 0.717) is 5.69 Å². The standard InChI is InChI=1S/C7H9F2N3O/c8-5(9)3-13-6-2-1-4(10)7(11)12-6/h1-2,5H,3,10H2,(H2,11,12). The molecule has 6 heteroatoms. The van der Waals surface area contributed by atoms with E-state index in [1.54, 1.807) is 0 Å². The van der Waals surface area contributed by atoms with E-state index in [-0.39, 0.29) is 11.7 Å². The van der Waals surface area contributed by atoms with Crippen molar-refractivity contribution < 1.29 is 13.5 Å². The predicted molar refractivity (Wildman–Crippen MR) is 44.6 cm³/mol. The SMILES string of the molecule is Nc1ccc(OCC(F)F)nc1N. The van der Waals surface area contributed by atoms with Crippen LogP contribution in [-0.4, -0.2) is 18.0 Å². The van der Waals surface area contributed by atoms with Crippen LogP contribution < -0.4 is 16.2 Å². The number of anilines is 2. The highest BCUT2D eigenvalue weighted by Gasteiger charge is 2.05. The molecule has 0 fully saturated rings. The highest BCUT2D eigenvalue weighted by atomic mass is 19.3. The third kappa shape index (κ3) is 2.73. The summed E-state index contributed by atoms with van der Waals surface area (Å²) in [6.45, 7) is -0.698. The third-order valence-electron chi connectivity index (χ3n) is 1.29. The summed E-state index contributed by atoms with van der Waals surface area (Å²) in [5.41, 5.74) is 11.0. The molecule has 0 saturated carbocycles. The molecule has 1 rings (SSSR count). The van der Waals surface area contributed by atoms with Crippen molar-refractivity contribution in [1.29, 1.82) is 0 Å². The molecule has 0 aliphatic heterocycles. The molecular weight excluding hydrogens is 180 g/mol. The summed E-state index contributed by atoms with van der Waals surface area (Å²) >= 11 is 0. The molecule has 4 N–H and O–H groups in total. The van der Waals surface area contributed by atoms with Crippen LogP contribution in [0.3, 0.4) is 0 Å². The van der Waals surface area contributed by atoms with Crippen LogP contribution in [0.5, 0.6) is 5.88 Å². The Hall–Kier alpha value is -1.59. The number of halogens is 2. The van der Waals surface area contributed by atoms with E-state index in [2.05, 4.69) is 9.72 Å². The van der Waals surface area contributed by atoms with Gasteiger partial charge in [0.1, 0.15) is 0 Å². The number of nitrogen functional groups attached to an aromatic ring is 2. The summed E-state index contributed by atoms with van der Waals surface area (Å²) < 4.78 is 28.0. The fourth-order valence-corrected chi connectivity index (χ4v) is 0.696. The van der Waals surface area contributed by atoms with Crippen LogP contribution in [0.4, 0.5) is 20.3 Å². The van der Waals surface area contributed by atoms with Crippen LogP contribution in [0, 0.1) is 0 Å². The van der Waals surface area contributed by atoms with E-state index in [9.17, 15) is 8.78 Å². The van der Waals surface area contributed by atoms with Gasteiger partial charge in [0.2, 0.25) is 5.88 Å². The van der Waals surface area contributed by atoms with Gasteiger partial charge in [0.15, 0.2) is 12.4 Å². The lowest BCUT2D eigenvalue weighted by Gasteiger charge is -2.05. The second-order valence-electron chi connectivity index (χ2n) is 2.33. The van der Waals surface area contributed by atoms with Crippen molar-refractivity contribution in [2.75, 3.05) is 18.1 Å². The molecule has 0 aromatic carbocycles. The highest BCUT2D eigenvalue weighted by Crippen LogP contribution is 2.16. The Kier molecular flexibility index (Phi) is 2.84. The van der Waals surface area contributed by atoms with Gasteiger partial charge in [-0.25, -0.2) is 8.78 Å². The van der Waals surface area contributed by atoms with Gasteiger partial charge in [-0.2, -0.15) is 4.98 Å². The number of hydrogen-bond donors (Lipinski definition) is 2. The maximum Gasteiger partial charge on any atom is 0.272 e. The van der Waals surface area contributed by atoms with Gasteiger partial charge in [0, 0.05) is 6.07 Å². The molecule has 1 heterocycles. The molecule has 0 amide bonds. The van der Waals surface area contributed by atoms with Gasteiger partial charge >= 0.3 is 0 Å². The lowest BCUT2D eigenvalue weighted by atomic mass is 10.4. The fraction of sp³-hybridized carbons (Fsp3) is 0.286. The Morgan fingerprint density at radius 2 is 2.08 bits per heavy atom. The first-order valence-corrected chi connectivity index (χ1v) is 3.52. The van der Waals surface area contributed by atoms with Crippen molar-refractivity contribution in [3.05, 3.63) is 12.1 Å². The van der Waals surface area contributed by atoms with E-state index in [0.717, 1.165) is 0 Å². The van der Waals surface area contributed by atoms with E-state index in [1.165, 1.54) is 12.1 Å². The van der Waals surface area contributed by atoms with Crippen LogP contribution in [0.15, 0.2) is 12.1 Å². The molecule has 0 aliphatic rings. The Balaban J connectivity index is 2.63. The largest absolute Gasteiger partial charge is 0.472 e. The molecule has 72 valence electrons. The summed E-state index contributed by atoms with van der Waals surface area (Å²) in [5, 5.41) is 0. The Bertz CT molecular complexity index is 293. The summed E-state index contributed by atoms with van der Waals surface area (Å²) in [7, 11) is 0. The zero-order valence-corrected chi connectivity index (χ0v) is 6.71. The van der Waals surface area contributed by atoms with Crippen LogP contribution in [0.2, 0.25) is 0 Å². The second kappa shape index (κ2) is 3.88. The summed E-state index contributed by atoms with van der Waals surface area (Å²) in [5.74, 6) is 0.124. The molecule has 0 unspecified atom stereocenters. The predicted octanol–water partition coefficient (Wildman–Crippen LogP) is 0.890. The lowest BCUT2D eigenvalue weighted by Crippen LogP contribution is -2.09. The average molecular weight is 189 g/mol. The third-order valence-corrected chi connectivity index (χ3v) is 1.29. The Morgan fingerprint density at radius 1 is 1.38 bits per heavy atom. The van der Waals surface area contributed by atoms with E-state index in [1.807, 2.05) is 0 Å². The van der Waals surface area contributed by atoms with Crippen molar-refractivity contribution in [3.63, 3.8) is 0 Å². The maximum atomic E-state index is 11.7. The minimum atomic E-state index is -2.53. The molecule has 13 heavy (non-hydrogen) atoms. The van der Waals surface area contributed by atoms with Crippen LogP contribution in [0.1, 0.15) is 0 Å². The zero-order valence-electron chi connectivity index (χ0n) is 6.71. The van der Waals surface area contributed by atoms with Crippen molar-refractivity contribution in [3.8, 4) is 5.88 Å². The molecule has 0 bridgehead atoms. The topological polar surface area (TPSA) is 74.2 Å². The van der Waals surface area contributed by atoms with Gasteiger partial charge < -0.3 is 16.2 Å². The van der Waals surface area contributed by atoms with E-state index >= 15 is 0 Å². The van der Waals surface area contributed by atoms with Gasteiger partial charge in [0.05, 0.1) is 5.69 Å². The molecule has 1 aromatic heterocycles. The van der Waals surface area contributed by atoms with Gasteiger partial charge in [-0.05, 0) is 6.07 Å². The number of rotatable bonds is 3. The molecular formula is C7H9F2N3O. The second-order valence-corrected chi connectivity index (χ2v) is 2.33. The van der Waals surface area contributed by atoms with Gasteiger partial charge in [-0.1, -0.05) is 0 Å². The summed E-state index contributed by atoms with van der Waals surface area (Å²) in [6.07, 6.45) is -2.53. The number of hydrogen-bond acceptors (Lipinski definition) is 4. The summed E-state index contributed by atoms with van der Waals surface area (Å²) in [4.78, 5) is 3.64. The molecule has 4 nitrogen and oxygen atoms in total. The number of pyridine rings is 1. The Morgan fingerprint density at radius 3 is 2.62 bits per heavy atom. The summed E-state index contributed by atoms with van der Waals surface area (Å²) in [6, 6.07) is 2.83. The quantitative estimate of drug-likeness (QED) is 0.740. The fourth-order valence-electron chi connectivity index (χ4n) is 0.696. The molecule has 0 radical (unpaired) electrons. The smallest absolute Gasteiger partial charge is 0.272 e. The van der Waals surface area contributed by atoms with Crippen molar-refractivity contribution in [2.45, 2.75) is 6.43 Å². The first kappa shape index (κ1) is 9.50.